The molecule has 5 nitrogen and oxygen atoms in total. The smallest absolute Gasteiger partial charge is 0.310 e. The Morgan fingerprint density at radius 3 is 2.77 bits per heavy atom. The van der Waals surface area contributed by atoms with Gasteiger partial charge in [0.05, 0.1) is 17.4 Å². The van der Waals surface area contributed by atoms with Gasteiger partial charge in [0.2, 0.25) is 0 Å². The van der Waals surface area contributed by atoms with Gasteiger partial charge < -0.3 is 10.1 Å². The van der Waals surface area contributed by atoms with Crippen molar-refractivity contribution in [2.45, 2.75) is 64.0 Å². The van der Waals surface area contributed by atoms with E-state index in [2.05, 4.69) is 18.8 Å². The molecule has 6 heteroatoms. The molecule has 2 saturated carbocycles. The Morgan fingerprint density at radius 1 is 1.31 bits per heavy atom. The van der Waals surface area contributed by atoms with Crippen molar-refractivity contribution in [2.24, 2.45) is 23.2 Å². The lowest BCUT2D eigenvalue weighted by Crippen LogP contribution is -2.49. The van der Waals surface area contributed by atoms with Crippen molar-refractivity contribution in [3.8, 4) is 0 Å². The van der Waals surface area contributed by atoms with Crippen LogP contribution in [0.2, 0.25) is 0 Å². The first-order chi connectivity index (χ1) is 12.1. The normalized spacial score (nSPS) is 47.3. The molecule has 0 amide bonds. The lowest BCUT2D eigenvalue weighted by atomic mass is 9.55. The summed E-state index contributed by atoms with van der Waals surface area (Å²) in [6, 6.07) is 0. The van der Waals surface area contributed by atoms with Crippen molar-refractivity contribution >= 4 is 15.8 Å². The summed E-state index contributed by atoms with van der Waals surface area (Å²) < 4.78 is 29.4. The molecule has 2 saturated heterocycles. The lowest BCUT2D eigenvalue weighted by Gasteiger charge is -2.50. The summed E-state index contributed by atoms with van der Waals surface area (Å²) in [4.78, 5) is 12.6. The number of carbonyl (C=O) groups is 1. The van der Waals surface area contributed by atoms with Gasteiger partial charge in [-0.2, -0.15) is 0 Å². The number of ether oxygens (including phenoxy) is 1. The highest BCUT2D eigenvalue weighted by molar-refractivity contribution is 7.91. The molecule has 0 radical (unpaired) electrons. The zero-order valence-electron chi connectivity index (χ0n) is 15.9. The number of sulfone groups is 1. The first-order valence-corrected chi connectivity index (χ1v) is 11.8. The van der Waals surface area contributed by atoms with Gasteiger partial charge in [-0.25, -0.2) is 8.42 Å². The number of hydrogen-bond donors (Lipinski definition) is 1. The summed E-state index contributed by atoms with van der Waals surface area (Å²) in [7, 11) is -2.96. The van der Waals surface area contributed by atoms with E-state index >= 15 is 0 Å². The van der Waals surface area contributed by atoms with Crippen LogP contribution in [0.5, 0.6) is 0 Å². The van der Waals surface area contributed by atoms with Crippen LogP contribution in [0.1, 0.15) is 52.4 Å². The Bertz CT molecular complexity index is 732. The predicted octanol–water partition coefficient (Wildman–Crippen LogP) is 2.47. The van der Waals surface area contributed by atoms with Crippen LogP contribution in [0.3, 0.4) is 0 Å². The van der Waals surface area contributed by atoms with Gasteiger partial charge in [0, 0.05) is 18.0 Å². The molecule has 0 bridgehead atoms. The Balaban J connectivity index is 1.47. The van der Waals surface area contributed by atoms with Crippen molar-refractivity contribution < 1.29 is 17.9 Å². The second kappa shape index (κ2) is 6.06. The van der Waals surface area contributed by atoms with Crippen LogP contribution in [-0.4, -0.2) is 44.1 Å². The van der Waals surface area contributed by atoms with E-state index in [1.807, 2.05) is 6.92 Å². The fraction of sp³-hybridized carbons (Fsp3) is 0.850. The molecule has 4 rings (SSSR count). The van der Waals surface area contributed by atoms with Gasteiger partial charge in [0.15, 0.2) is 9.84 Å². The highest BCUT2D eigenvalue weighted by atomic mass is 32.2. The molecule has 0 aromatic carbocycles. The first kappa shape index (κ1) is 18.5. The average molecular weight is 382 g/mol. The summed E-state index contributed by atoms with van der Waals surface area (Å²) in [5, 5.41) is 3.41. The quantitative estimate of drug-likeness (QED) is 0.601. The van der Waals surface area contributed by atoms with E-state index in [0.29, 0.717) is 18.9 Å². The second-order valence-corrected chi connectivity index (χ2v) is 11.9. The van der Waals surface area contributed by atoms with Gasteiger partial charge in [-0.3, -0.25) is 4.79 Å². The molecule has 6 atom stereocenters. The van der Waals surface area contributed by atoms with Gasteiger partial charge in [0.25, 0.3) is 0 Å². The molecule has 2 aliphatic heterocycles. The van der Waals surface area contributed by atoms with E-state index in [1.54, 1.807) is 0 Å². The monoisotopic (exact) mass is 381 g/mol. The fourth-order valence-corrected chi connectivity index (χ4v) is 8.12. The minimum Gasteiger partial charge on any atom is -0.462 e. The number of rotatable bonds is 3. The summed E-state index contributed by atoms with van der Waals surface area (Å²) in [6.45, 7) is 9.14. The van der Waals surface area contributed by atoms with Crippen molar-refractivity contribution in [1.82, 2.24) is 5.32 Å². The van der Waals surface area contributed by atoms with Gasteiger partial charge in [-0.1, -0.05) is 19.1 Å². The molecule has 26 heavy (non-hydrogen) atoms. The number of nitrogens with one attached hydrogen (secondary N) is 1. The maximum absolute atomic E-state index is 12.6. The molecule has 0 spiro atoms. The van der Waals surface area contributed by atoms with Crippen molar-refractivity contribution in [3.63, 3.8) is 0 Å². The zero-order valence-corrected chi connectivity index (χ0v) is 16.7. The van der Waals surface area contributed by atoms with Gasteiger partial charge in [-0.15, -0.1) is 0 Å². The summed E-state index contributed by atoms with van der Waals surface area (Å²) >= 11 is 0. The predicted molar refractivity (Wildman–Crippen MR) is 100 cm³/mol. The highest BCUT2D eigenvalue weighted by Gasteiger charge is 2.55. The topological polar surface area (TPSA) is 72.5 Å². The van der Waals surface area contributed by atoms with Crippen LogP contribution >= 0.6 is 0 Å². The second-order valence-electron chi connectivity index (χ2n) is 9.69. The van der Waals surface area contributed by atoms with Crippen LogP contribution in [-0.2, 0) is 19.4 Å². The third-order valence-electron chi connectivity index (χ3n) is 7.57. The number of fused-ring (bicyclic) bond motifs is 2. The van der Waals surface area contributed by atoms with E-state index < -0.39 is 15.4 Å². The number of hydrogen-bond acceptors (Lipinski definition) is 5. The molecule has 1 N–H and O–H groups in total. The molecule has 0 unspecified atom stereocenters. The van der Waals surface area contributed by atoms with E-state index in [9.17, 15) is 13.2 Å². The maximum atomic E-state index is 12.6. The van der Waals surface area contributed by atoms with Gasteiger partial charge in [-0.05, 0) is 56.8 Å². The Hall–Kier alpha value is -0.880. The van der Waals surface area contributed by atoms with Crippen LogP contribution < -0.4 is 5.32 Å². The SMILES string of the molecule is C=C1CCC[C@]2(C)C[C@H]3OC(=O)[C@@H](CN[C@]4(C)CCS(=O)(=O)C4)[C@H]3C[C@H]12. The van der Waals surface area contributed by atoms with E-state index in [-0.39, 0.29) is 40.8 Å². The van der Waals surface area contributed by atoms with Crippen LogP contribution in [0.4, 0.5) is 0 Å². The fourth-order valence-electron chi connectivity index (χ4n) is 6.00. The van der Waals surface area contributed by atoms with Crippen LogP contribution in [0.25, 0.3) is 0 Å². The molecular formula is C20H31NO4S. The van der Waals surface area contributed by atoms with E-state index in [4.69, 9.17) is 4.74 Å². The van der Waals surface area contributed by atoms with E-state index in [0.717, 1.165) is 19.3 Å². The summed E-state index contributed by atoms with van der Waals surface area (Å²) in [6.07, 6.45) is 6.03. The number of allylic oxidation sites excluding steroid dienone is 1. The van der Waals surface area contributed by atoms with E-state index in [1.165, 1.54) is 18.4 Å². The molecule has 4 aliphatic rings. The highest BCUT2D eigenvalue weighted by Crippen LogP contribution is 2.56. The number of esters is 1. The largest absolute Gasteiger partial charge is 0.462 e. The molecule has 146 valence electrons. The van der Waals surface area contributed by atoms with Crippen LogP contribution in [0, 0.1) is 23.2 Å². The minimum absolute atomic E-state index is 0.0153. The average Bonchev–Trinajstić information content (AvgIpc) is 2.98. The Kier molecular flexibility index (Phi) is 4.31. The Labute approximate surface area is 156 Å². The third kappa shape index (κ3) is 3.13. The molecule has 2 heterocycles. The molecular weight excluding hydrogens is 350 g/mol. The first-order valence-electron chi connectivity index (χ1n) is 9.95. The van der Waals surface area contributed by atoms with Gasteiger partial charge >= 0.3 is 5.97 Å². The van der Waals surface area contributed by atoms with Crippen molar-refractivity contribution in [1.29, 1.82) is 0 Å². The lowest BCUT2D eigenvalue weighted by molar-refractivity contribution is -0.146. The van der Waals surface area contributed by atoms with Crippen molar-refractivity contribution in [2.75, 3.05) is 18.1 Å². The molecule has 4 fully saturated rings. The van der Waals surface area contributed by atoms with Crippen molar-refractivity contribution in [3.05, 3.63) is 12.2 Å². The minimum atomic E-state index is -2.96. The standard InChI is InChI=1S/C20H31NO4S/c1-13-5-4-6-19(2)10-17-14(9-16(13)19)15(18(22)25-17)11-21-20(3)7-8-26(23,24)12-20/h14-17,21H,1,4-12H2,2-3H3/t14-,15+,16-,17-,19-,20-/m1/s1. The summed E-state index contributed by atoms with van der Waals surface area (Å²) in [5.41, 5.74) is 1.14. The molecule has 0 aromatic heterocycles. The van der Waals surface area contributed by atoms with Gasteiger partial charge in [0.1, 0.15) is 6.10 Å². The van der Waals surface area contributed by atoms with Crippen LogP contribution in [0.15, 0.2) is 12.2 Å². The Morgan fingerprint density at radius 2 is 2.08 bits per heavy atom. The maximum Gasteiger partial charge on any atom is 0.310 e. The molecule has 0 aromatic rings. The summed E-state index contributed by atoms with van der Waals surface area (Å²) in [5.74, 6) is 0.830. The third-order valence-corrected chi connectivity index (χ3v) is 9.48. The number of carbonyl (C=O) groups excluding carboxylic acids is 1. The molecule has 2 aliphatic carbocycles. The zero-order chi connectivity index (χ0) is 18.7.